The van der Waals surface area contributed by atoms with Gasteiger partial charge >= 0.3 is 5.69 Å². The number of nitrogens with two attached hydrogens (primary N) is 1. The highest BCUT2D eigenvalue weighted by Gasteiger charge is 2.21. The van der Waals surface area contributed by atoms with Crippen LogP contribution in [0.3, 0.4) is 0 Å². The number of aryl methyl sites for hydroxylation is 1. The summed E-state index contributed by atoms with van der Waals surface area (Å²) in [5.41, 5.74) is 6.24. The number of hydrogen-bond acceptors (Lipinski definition) is 5. The molecule has 1 heterocycles. The van der Waals surface area contributed by atoms with Gasteiger partial charge < -0.3 is 15.2 Å². The summed E-state index contributed by atoms with van der Waals surface area (Å²) in [6.45, 7) is 0.466. The third-order valence-electron chi connectivity index (χ3n) is 2.94. The molecule has 2 N–H and O–H groups in total. The lowest BCUT2D eigenvalue weighted by Crippen LogP contribution is -2.20. The Kier molecular flexibility index (Phi) is 3.37. The van der Waals surface area contributed by atoms with Crippen LogP contribution >= 0.6 is 0 Å². The van der Waals surface area contributed by atoms with Gasteiger partial charge in [0.05, 0.1) is 11.5 Å². The fourth-order valence-electron chi connectivity index (χ4n) is 1.90. The molecule has 0 amide bonds. The second-order valence-corrected chi connectivity index (χ2v) is 4.28. The number of aromatic nitrogens is 2. The summed E-state index contributed by atoms with van der Waals surface area (Å²) >= 11 is 0. The molecule has 0 spiro atoms. The monoisotopic (exact) mass is 261 g/mol. The van der Waals surface area contributed by atoms with Crippen molar-refractivity contribution in [1.82, 2.24) is 9.55 Å². The Morgan fingerprint density at radius 3 is 2.84 bits per heavy atom. The molecule has 0 aliphatic heterocycles. The second kappa shape index (κ2) is 4.97. The van der Waals surface area contributed by atoms with Gasteiger partial charge in [0, 0.05) is 26.5 Å². The molecule has 2 aromatic rings. The first-order valence-electron chi connectivity index (χ1n) is 5.71. The smallest absolute Gasteiger partial charge is 0.315 e. The molecule has 7 nitrogen and oxygen atoms in total. The first kappa shape index (κ1) is 12.9. The number of imidazole rings is 1. The standard InChI is InChI=1S/C12H15N5O2/c1-15-7-6-14-11(15)8-16(2)10-5-3-4-9(13)12(10)17(18)19/h3-7H,8,13H2,1-2H3. The van der Waals surface area contributed by atoms with Crippen molar-refractivity contribution in [3.8, 4) is 0 Å². The maximum absolute atomic E-state index is 11.1. The zero-order chi connectivity index (χ0) is 14.0. The van der Waals surface area contributed by atoms with Gasteiger partial charge in [0.2, 0.25) is 0 Å². The quantitative estimate of drug-likeness (QED) is 0.512. The summed E-state index contributed by atoms with van der Waals surface area (Å²) in [4.78, 5) is 16.6. The molecular formula is C12H15N5O2. The molecule has 0 unspecified atom stereocenters. The molecule has 0 aliphatic rings. The van der Waals surface area contributed by atoms with Crippen LogP contribution in [0.4, 0.5) is 17.1 Å². The molecule has 0 atom stereocenters. The topological polar surface area (TPSA) is 90.2 Å². The number of benzene rings is 1. The average Bonchev–Trinajstić information content (AvgIpc) is 2.74. The van der Waals surface area contributed by atoms with Crippen molar-refractivity contribution in [2.75, 3.05) is 17.7 Å². The van der Waals surface area contributed by atoms with Crippen molar-refractivity contribution in [2.24, 2.45) is 7.05 Å². The van der Waals surface area contributed by atoms with E-state index in [1.165, 1.54) is 6.07 Å². The number of nitrogens with zero attached hydrogens (tertiary/aromatic N) is 4. The van der Waals surface area contributed by atoms with Crippen LogP contribution in [0.1, 0.15) is 5.82 Å². The van der Waals surface area contributed by atoms with Crippen LogP contribution in [0, 0.1) is 10.1 Å². The Hall–Kier alpha value is -2.57. The Morgan fingerprint density at radius 1 is 1.53 bits per heavy atom. The summed E-state index contributed by atoms with van der Waals surface area (Å²) in [5, 5.41) is 11.1. The van der Waals surface area contributed by atoms with Gasteiger partial charge in [0.1, 0.15) is 17.2 Å². The van der Waals surface area contributed by atoms with Crippen LogP contribution in [0.15, 0.2) is 30.6 Å². The van der Waals surface area contributed by atoms with E-state index in [9.17, 15) is 10.1 Å². The molecule has 0 saturated carbocycles. The maximum Gasteiger partial charge on any atom is 0.315 e. The molecule has 7 heteroatoms. The average molecular weight is 261 g/mol. The van der Waals surface area contributed by atoms with Crippen molar-refractivity contribution in [3.05, 3.63) is 46.5 Å². The zero-order valence-electron chi connectivity index (χ0n) is 10.8. The summed E-state index contributed by atoms with van der Waals surface area (Å²) in [5.74, 6) is 0.819. The summed E-state index contributed by atoms with van der Waals surface area (Å²) in [7, 11) is 3.65. The number of rotatable bonds is 4. The van der Waals surface area contributed by atoms with Crippen LogP contribution in [-0.2, 0) is 13.6 Å². The largest absolute Gasteiger partial charge is 0.393 e. The van der Waals surface area contributed by atoms with Gasteiger partial charge in [0.25, 0.3) is 0 Å². The van der Waals surface area contributed by atoms with Gasteiger partial charge in [-0.15, -0.1) is 0 Å². The molecule has 2 rings (SSSR count). The van der Waals surface area contributed by atoms with Crippen LogP contribution in [0.25, 0.3) is 0 Å². The molecule has 1 aromatic carbocycles. The minimum absolute atomic E-state index is 0.0702. The van der Waals surface area contributed by atoms with E-state index < -0.39 is 4.92 Å². The molecule has 1 aromatic heterocycles. The Labute approximate surface area is 110 Å². The van der Waals surface area contributed by atoms with E-state index in [4.69, 9.17) is 5.73 Å². The second-order valence-electron chi connectivity index (χ2n) is 4.28. The summed E-state index contributed by atoms with van der Waals surface area (Å²) in [6.07, 6.45) is 3.52. The molecular weight excluding hydrogens is 246 g/mol. The van der Waals surface area contributed by atoms with Crippen LogP contribution in [-0.4, -0.2) is 21.5 Å². The van der Waals surface area contributed by atoms with E-state index in [1.807, 2.05) is 17.8 Å². The highest BCUT2D eigenvalue weighted by atomic mass is 16.6. The van der Waals surface area contributed by atoms with Crippen molar-refractivity contribution >= 4 is 17.1 Å². The first-order valence-corrected chi connectivity index (χ1v) is 5.71. The fourth-order valence-corrected chi connectivity index (χ4v) is 1.90. The molecule has 19 heavy (non-hydrogen) atoms. The van der Waals surface area contributed by atoms with Crippen molar-refractivity contribution in [3.63, 3.8) is 0 Å². The lowest BCUT2D eigenvalue weighted by atomic mass is 10.2. The van der Waals surface area contributed by atoms with E-state index >= 15 is 0 Å². The summed E-state index contributed by atoms with van der Waals surface area (Å²) < 4.78 is 1.87. The molecule has 100 valence electrons. The predicted molar refractivity (Wildman–Crippen MR) is 72.8 cm³/mol. The minimum Gasteiger partial charge on any atom is -0.393 e. The van der Waals surface area contributed by atoms with Crippen molar-refractivity contribution in [1.29, 1.82) is 0 Å². The fraction of sp³-hybridized carbons (Fsp3) is 0.250. The van der Waals surface area contributed by atoms with E-state index in [0.29, 0.717) is 12.2 Å². The van der Waals surface area contributed by atoms with Gasteiger partial charge in [-0.1, -0.05) is 6.07 Å². The van der Waals surface area contributed by atoms with Gasteiger partial charge in [-0.05, 0) is 12.1 Å². The molecule has 0 bridgehead atoms. The number of nitro benzene ring substituents is 1. The number of nitro groups is 1. The SMILES string of the molecule is CN(Cc1nccn1C)c1cccc(N)c1[N+](=O)[O-]. The van der Waals surface area contributed by atoms with E-state index in [-0.39, 0.29) is 11.4 Å². The highest BCUT2D eigenvalue weighted by Crippen LogP contribution is 2.33. The van der Waals surface area contributed by atoms with E-state index in [2.05, 4.69) is 4.98 Å². The lowest BCUT2D eigenvalue weighted by Gasteiger charge is -2.19. The van der Waals surface area contributed by atoms with Crippen LogP contribution in [0.2, 0.25) is 0 Å². The summed E-state index contributed by atoms with van der Waals surface area (Å²) in [6, 6.07) is 4.90. The van der Waals surface area contributed by atoms with Crippen LogP contribution in [0.5, 0.6) is 0 Å². The first-order chi connectivity index (χ1) is 9.00. The molecule has 0 radical (unpaired) electrons. The van der Waals surface area contributed by atoms with Gasteiger partial charge in [-0.2, -0.15) is 0 Å². The van der Waals surface area contributed by atoms with Crippen LogP contribution < -0.4 is 10.6 Å². The van der Waals surface area contributed by atoms with E-state index in [1.54, 1.807) is 30.3 Å². The predicted octanol–water partition coefficient (Wildman–Crippen LogP) is 1.55. The number of hydrogen-bond donors (Lipinski definition) is 1. The number of anilines is 2. The van der Waals surface area contributed by atoms with Gasteiger partial charge in [-0.3, -0.25) is 10.1 Å². The molecule has 0 fully saturated rings. The maximum atomic E-state index is 11.1. The minimum atomic E-state index is -0.459. The Morgan fingerprint density at radius 2 is 2.26 bits per heavy atom. The highest BCUT2D eigenvalue weighted by molar-refractivity contribution is 5.75. The zero-order valence-corrected chi connectivity index (χ0v) is 10.8. The molecule has 0 aliphatic carbocycles. The number of para-hydroxylation sites is 1. The Bertz CT molecular complexity index is 608. The molecule has 0 saturated heterocycles. The third-order valence-corrected chi connectivity index (χ3v) is 2.94. The normalized spacial score (nSPS) is 10.4. The third kappa shape index (κ3) is 2.49. The van der Waals surface area contributed by atoms with Crippen molar-refractivity contribution in [2.45, 2.75) is 6.54 Å². The number of nitrogen functional groups attached to an aromatic ring is 1. The van der Waals surface area contributed by atoms with E-state index in [0.717, 1.165) is 5.82 Å². The van der Waals surface area contributed by atoms with Gasteiger partial charge in [0.15, 0.2) is 0 Å². The Balaban J connectivity index is 2.34. The van der Waals surface area contributed by atoms with Crippen molar-refractivity contribution < 1.29 is 4.92 Å². The van der Waals surface area contributed by atoms with Gasteiger partial charge in [-0.25, -0.2) is 4.98 Å². The lowest BCUT2D eigenvalue weighted by molar-refractivity contribution is -0.383.